The van der Waals surface area contributed by atoms with Crippen molar-refractivity contribution in [2.24, 2.45) is 5.41 Å². The first kappa shape index (κ1) is 15.5. The number of imide groups is 1. The van der Waals surface area contributed by atoms with Crippen molar-refractivity contribution in [2.45, 2.75) is 38.5 Å². The summed E-state index contributed by atoms with van der Waals surface area (Å²) in [5, 5.41) is 8.75. The molecule has 0 N–H and O–H groups in total. The Morgan fingerprint density at radius 2 is 1.83 bits per heavy atom. The molecular formula is C18H20N2O3. The molecule has 3 rings (SSSR count). The Hall–Kier alpha value is -2.35. The van der Waals surface area contributed by atoms with Crippen LogP contribution in [0.3, 0.4) is 0 Å². The minimum atomic E-state index is -0.427. The van der Waals surface area contributed by atoms with Gasteiger partial charge in [-0.05, 0) is 37.1 Å². The molecule has 1 saturated carbocycles. The fourth-order valence-electron chi connectivity index (χ4n) is 3.59. The van der Waals surface area contributed by atoms with Gasteiger partial charge in [-0.2, -0.15) is 5.26 Å². The highest BCUT2D eigenvalue weighted by Gasteiger charge is 2.51. The van der Waals surface area contributed by atoms with Gasteiger partial charge in [-0.1, -0.05) is 19.3 Å². The van der Waals surface area contributed by atoms with Crippen molar-refractivity contribution >= 4 is 11.8 Å². The average molecular weight is 312 g/mol. The summed E-state index contributed by atoms with van der Waals surface area (Å²) >= 11 is 0. The van der Waals surface area contributed by atoms with Crippen LogP contribution < -0.4 is 4.74 Å². The molecule has 0 aromatic heterocycles. The van der Waals surface area contributed by atoms with Crippen LogP contribution in [-0.2, 0) is 9.59 Å². The van der Waals surface area contributed by atoms with Crippen molar-refractivity contribution < 1.29 is 14.3 Å². The van der Waals surface area contributed by atoms with E-state index >= 15 is 0 Å². The SMILES string of the molecule is N#Cc1ccc(OCCN2C(=O)CC3(CCCCC3)C2=O)cc1. The first-order chi connectivity index (χ1) is 11.1. The van der Waals surface area contributed by atoms with E-state index < -0.39 is 5.41 Å². The van der Waals surface area contributed by atoms with Gasteiger partial charge in [0.15, 0.2) is 0 Å². The molecule has 1 aliphatic carbocycles. The molecule has 2 fully saturated rings. The van der Waals surface area contributed by atoms with E-state index in [1.54, 1.807) is 24.3 Å². The number of rotatable bonds is 4. The Morgan fingerprint density at radius 1 is 1.13 bits per heavy atom. The number of nitrogens with zero attached hydrogens (tertiary/aromatic N) is 2. The lowest BCUT2D eigenvalue weighted by Crippen LogP contribution is -2.38. The third-order valence-electron chi connectivity index (χ3n) is 4.87. The number of likely N-dealkylation sites (tertiary alicyclic amines) is 1. The van der Waals surface area contributed by atoms with Crippen molar-refractivity contribution in [3.05, 3.63) is 29.8 Å². The highest BCUT2D eigenvalue weighted by molar-refractivity contribution is 6.05. The minimum Gasteiger partial charge on any atom is -0.492 e. The maximum absolute atomic E-state index is 12.6. The third-order valence-corrected chi connectivity index (χ3v) is 4.87. The van der Waals surface area contributed by atoms with Crippen LogP contribution in [0.1, 0.15) is 44.1 Å². The first-order valence-electron chi connectivity index (χ1n) is 8.12. The number of amides is 2. The lowest BCUT2D eigenvalue weighted by atomic mass is 9.73. The maximum atomic E-state index is 12.6. The van der Waals surface area contributed by atoms with Crippen LogP contribution in [0.2, 0.25) is 0 Å². The normalized spacial score (nSPS) is 19.9. The zero-order valence-corrected chi connectivity index (χ0v) is 13.1. The van der Waals surface area contributed by atoms with Gasteiger partial charge in [-0.15, -0.1) is 0 Å². The van der Waals surface area contributed by atoms with Gasteiger partial charge in [-0.3, -0.25) is 14.5 Å². The lowest BCUT2D eigenvalue weighted by Gasteiger charge is -2.30. The van der Waals surface area contributed by atoms with Crippen molar-refractivity contribution in [3.8, 4) is 11.8 Å². The number of ether oxygens (including phenoxy) is 1. The van der Waals surface area contributed by atoms with E-state index in [4.69, 9.17) is 10.00 Å². The Bertz CT molecular complexity index is 639. The van der Waals surface area contributed by atoms with Crippen LogP contribution in [0.25, 0.3) is 0 Å². The summed E-state index contributed by atoms with van der Waals surface area (Å²) in [4.78, 5) is 26.2. The van der Waals surface area contributed by atoms with Crippen LogP contribution >= 0.6 is 0 Å². The summed E-state index contributed by atoms with van der Waals surface area (Å²) in [6.45, 7) is 0.568. The van der Waals surface area contributed by atoms with Crippen molar-refractivity contribution in [3.63, 3.8) is 0 Å². The fraction of sp³-hybridized carbons (Fsp3) is 0.500. The highest BCUT2D eigenvalue weighted by Crippen LogP contribution is 2.45. The zero-order valence-electron chi connectivity index (χ0n) is 13.1. The van der Waals surface area contributed by atoms with E-state index in [-0.39, 0.29) is 18.4 Å². The molecule has 0 unspecified atom stereocenters. The van der Waals surface area contributed by atoms with E-state index in [2.05, 4.69) is 0 Å². The lowest BCUT2D eigenvalue weighted by molar-refractivity contribution is -0.142. The average Bonchev–Trinajstić information content (AvgIpc) is 2.80. The number of carbonyl (C=O) groups excluding carboxylic acids is 2. The maximum Gasteiger partial charge on any atom is 0.236 e. The molecule has 1 heterocycles. The van der Waals surface area contributed by atoms with Gasteiger partial charge in [0.1, 0.15) is 12.4 Å². The van der Waals surface area contributed by atoms with Crippen LogP contribution in [0.4, 0.5) is 0 Å². The largest absolute Gasteiger partial charge is 0.492 e. The Kier molecular flexibility index (Phi) is 4.33. The summed E-state index contributed by atoms with van der Waals surface area (Å²) in [6, 6.07) is 8.84. The summed E-state index contributed by atoms with van der Waals surface area (Å²) in [7, 11) is 0. The molecule has 5 heteroatoms. The molecule has 1 aromatic carbocycles. The minimum absolute atomic E-state index is 0.00868. The summed E-state index contributed by atoms with van der Waals surface area (Å²) in [5.41, 5.74) is 0.144. The van der Waals surface area contributed by atoms with Crippen LogP contribution in [0, 0.1) is 16.7 Å². The number of benzene rings is 1. The van der Waals surface area contributed by atoms with E-state index in [1.807, 2.05) is 6.07 Å². The Morgan fingerprint density at radius 3 is 2.48 bits per heavy atom. The van der Waals surface area contributed by atoms with E-state index in [0.717, 1.165) is 32.1 Å². The van der Waals surface area contributed by atoms with Crippen LogP contribution in [0.5, 0.6) is 5.75 Å². The Balaban J connectivity index is 1.56. The Labute approximate surface area is 135 Å². The van der Waals surface area contributed by atoms with Gasteiger partial charge in [0.05, 0.1) is 23.6 Å². The third kappa shape index (κ3) is 3.07. The second-order valence-corrected chi connectivity index (χ2v) is 6.35. The molecule has 1 aromatic rings. The van der Waals surface area contributed by atoms with Gasteiger partial charge in [0, 0.05) is 6.42 Å². The fourth-order valence-corrected chi connectivity index (χ4v) is 3.59. The van der Waals surface area contributed by atoms with Crippen LogP contribution in [-0.4, -0.2) is 29.9 Å². The molecule has 2 aliphatic rings. The monoisotopic (exact) mass is 312 g/mol. The van der Waals surface area contributed by atoms with Crippen molar-refractivity contribution in [2.75, 3.05) is 13.2 Å². The van der Waals surface area contributed by atoms with Gasteiger partial charge in [0.25, 0.3) is 0 Å². The number of carbonyl (C=O) groups is 2. The topological polar surface area (TPSA) is 70.4 Å². The predicted octanol–water partition coefficient (Wildman–Crippen LogP) is 2.65. The van der Waals surface area contributed by atoms with E-state index in [0.29, 0.717) is 24.3 Å². The second-order valence-electron chi connectivity index (χ2n) is 6.35. The molecule has 0 radical (unpaired) electrons. The molecular weight excluding hydrogens is 292 g/mol. The first-order valence-corrected chi connectivity index (χ1v) is 8.12. The van der Waals surface area contributed by atoms with Gasteiger partial charge < -0.3 is 4.74 Å². The van der Waals surface area contributed by atoms with Crippen molar-refractivity contribution in [1.29, 1.82) is 5.26 Å². The van der Waals surface area contributed by atoms with Crippen LogP contribution in [0.15, 0.2) is 24.3 Å². The zero-order chi connectivity index (χ0) is 16.3. The number of hydrogen-bond donors (Lipinski definition) is 0. The summed E-state index contributed by atoms with van der Waals surface area (Å²) < 4.78 is 5.58. The molecule has 2 amide bonds. The quantitative estimate of drug-likeness (QED) is 0.801. The van der Waals surface area contributed by atoms with Gasteiger partial charge in [0.2, 0.25) is 11.8 Å². The van der Waals surface area contributed by atoms with E-state index in [1.165, 1.54) is 4.90 Å². The van der Waals surface area contributed by atoms with Gasteiger partial charge >= 0.3 is 0 Å². The van der Waals surface area contributed by atoms with E-state index in [9.17, 15) is 9.59 Å². The number of hydrogen-bond acceptors (Lipinski definition) is 4. The summed E-state index contributed by atoms with van der Waals surface area (Å²) in [6.07, 6.45) is 5.27. The number of nitriles is 1. The molecule has 23 heavy (non-hydrogen) atoms. The summed E-state index contributed by atoms with van der Waals surface area (Å²) in [5.74, 6) is 0.557. The smallest absolute Gasteiger partial charge is 0.236 e. The standard InChI is InChI=1S/C18H20N2O3/c19-13-14-4-6-15(7-5-14)23-11-10-20-16(21)12-18(17(20)22)8-2-1-3-9-18/h4-7H,1-3,8-12H2. The van der Waals surface area contributed by atoms with Gasteiger partial charge in [-0.25, -0.2) is 0 Å². The van der Waals surface area contributed by atoms with Crippen molar-refractivity contribution in [1.82, 2.24) is 4.90 Å². The highest BCUT2D eigenvalue weighted by atomic mass is 16.5. The second kappa shape index (κ2) is 6.41. The predicted molar refractivity (Wildman–Crippen MR) is 83.5 cm³/mol. The molecule has 5 nitrogen and oxygen atoms in total. The molecule has 0 bridgehead atoms. The molecule has 1 spiro atoms. The molecule has 1 saturated heterocycles. The molecule has 120 valence electrons. The molecule has 0 atom stereocenters. The molecule has 1 aliphatic heterocycles.